The van der Waals surface area contributed by atoms with E-state index in [9.17, 15) is 29.3 Å². The number of carbonyl (C=O) groups is 4. The number of nitrogens with zero attached hydrogens (tertiary/aromatic N) is 1. The number of anilines is 1. The lowest BCUT2D eigenvalue weighted by molar-refractivity contribution is -0.384. The fourth-order valence-corrected chi connectivity index (χ4v) is 2.98. The van der Waals surface area contributed by atoms with Crippen LogP contribution < -0.4 is 10.6 Å². The second-order valence-electron chi connectivity index (χ2n) is 8.50. The van der Waals surface area contributed by atoms with Crippen LogP contribution in [-0.4, -0.2) is 60.6 Å². The number of carbonyl (C=O) groups excluding carboxylic acids is 4. The number of nitro groups is 1. The molecule has 0 heterocycles. The van der Waals surface area contributed by atoms with E-state index in [2.05, 4.69) is 10.6 Å². The van der Waals surface area contributed by atoms with Gasteiger partial charge in [0.1, 0.15) is 5.60 Å². The molecule has 2 amide bonds. The second kappa shape index (κ2) is 11.9. The zero-order chi connectivity index (χ0) is 27.0. The Kier molecular flexibility index (Phi) is 9.22. The summed E-state index contributed by atoms with van der Waals surface area (Å²) < 4.78 is 15.1. The summed E-state index contributed by atoms with van der Waals surface area (Å²) in [5.41, 5.74) is -0.322. The maximum absolute atomic E-state index is 12.8. The fourth-order valence-electron chi connectivity index (χ4n) is 2.98. The molecule has 2 aromatic carbocycles. The molecule has 0 aliphatic rings. The van der Waals surface area contributed by atoms with Crippen LogP contribution >= 0.6 is 0 Å². The van der Waals surface area contributed by atoms with Crippen molar-refractivity contribution in [2.24, 2.45) is 0 Å². The normalized spacial score (nSPS) is 12.6. The molecule has 2 unspecified atom stereocenters. The van der Waals surface area contributed by atoms with Crippen molar-refractivity contribution in [1.82, 2.24) is 5.32 Å². The van der Waals surface area contributed by atoms with Crippen molar-refractivity contribution in [3.63, 3.8) is 0 Å². The number of rotatable bonds is 9. The molecule has 2 atom stereocenters. The van der Waals surface area contributed by atoms with E-state index in [4.69, 9.17) is 14.2 Å². The minimum absolute atomic E-state index is 0.122. The average molecular weight is 501 g/mol. The number of methoxy groups -OCH3 is 2. The van der Waals surface area contributed by atoms with E-state index >= 15 is 0 Å². The van der Waals surface area contributed by atoms with Crippen LogP contribution in [0, 0.1) is 10.1 Å². The highest BCUT2D eigenvalue weighted by Gasteiger charge is 2.39. The summed E-state index contributed by atoms with van der Waals surface area (Å²) in [7, 11) is 2.30. The van der Waals surface area contributed by atoms with Gasteiger partial charge in [0.15, 0.2) is 12.1 Å². The molecule has 0 radical (unpaired) electrons. The van der Waals surface area contributed by atoms with Gasteiger partial charge in [-0.15, -0.1) is 0 Å². The molecule has 0 aromatic heterocycles. The van der Waals surface area contributed by atoms with E-state index in [1.165, 1.54) is 55.6 Å². The third-order valence-electron chi connectivity index (χ3n) is 4.68. The largest absolute Gasteiger partial charge is 0.467 e. The molecule has 0 aliphatic heterocycles. The molecule has 192 valence electrons. The van der Waals surface area contributed by atoms with Crippen molar-refractivity contribution in [2.45, 2.75) is 38.5 Å². The quantitative estimate of drug-likeness (QED) is 0.298. The molecule has 0 saturated carbocycles. The number of non-ortho nitro benzene ring substituents is 1. The van der Waals surface area contributed by atoms with Crippen molar-refractivity contribution >= 4 is 35.1 Å². The summed E-state index contributed by atoms with van der Waals surface area (Å²) in [6, 6.07) is 9.27. The Labute approximate surface area is 207 Å². The van der Waals surface area contributed by atoms with Gasteiger partial charge in [0, 0.05) is 36.1 Å². The van der Waals surface area contributed by atoms with Crippen LogP contribution in [0.4, 0.5) is 11.4 Å². The van der Waals surface area contributed by atoms with Crippen LogP contribution in [0.15, 0.2) is 48.5 Å². The second-order valence-corrected chi connectivity index (χ2v) is 8.50. The molecule has 12 nitrogen and oxygen atoms in total. The smallest absolute Gasteiger partial charge is 0.338 e. The van der Waals surface area contributed by atoms with Gasteiger partial charge < -0.3 is 24.8 Å². The first-order chi connectivity index (χ1) is 16.9. The fraction of sp³-hybridized carbons (Fsp3) is 0.333. The van der Waals surface area contributed by atoms with Gasteiger partial charge in [-0.1, -0.05) is 0 Å². The predicted octanol–water partition coefficient (Wildman–Crippen LogP) is 2.48. The Bertz CT molecular complexity index is 1120. The molecule has 0 fully saturated rings. The van der Waals surface area contributed by atoms with Crippen LogP contribution in [0.2, 0.25) is 0 Å². The number of nitro benzene ring substituents is 1. The summed E-state index contributed by atoms with van der Waals surface area (Å²) in [6.07, 6.45) is -1.46. The lowest BCUT2D eigenvalue weighted by Crippen LogP contribution is -2.54. The number of hydrogen-bond acceptors (Lipinski definition) is 9. The molecule has 12 heteroatoms. The maximum Gasteiger partial charge on any atom is 0.338 e. The van der Waals surface area contributed by atoms with E-state index in [1.807, 2.05) is 0 Å². The van der Waals surface area contributed by atoms with Crippen molar-refractivity contribution in [3.8, 4) is 0 Å². The number of amides is 2. The molecule has 0 bridgehead atoms. The standard InChI is InChI=1S/C24H27N3O9/c1-24(2,3)36-23(31)19(34-4)18(22(30)35-5)26-21(29)14-6-10-16(11-7-14)25-20(28)15-8-12-17(13-9-15)27(32)33/h6-13,18-19H,1-5H3,(H,25,28)(H,26,29). The average Bonchev–Trinajstić information content (AvgIpc) is 2.82. The van der Waals surface area contributed by atoms with Crippen LogP contribution in [0.3, 0.4) is 0 Å². The zero-order valence-electron chi connectivity index (χ0n) is 20.4. The van der Waals surface area contributed by atoms with Gasteiger partial charge in [-0.2, -0.15) is 0 Å². The van der Waals surface area contributed by atoms with E-state index in [0.29, 0.717) is 5.69 Å². The van der Waals surface area contributed by atoms with Gasteiger partial charge in [-0.3, -0.25) is 19.7 Å². The molecule has 2 aromatic rings. The van der Waals surface area contributed by atoms with Crippen molar-refractivity contribution < 1.29 is 38.3 Å². The highest BCUT2D eigenvalue weighted by atomic mass is 16.6. The van der Waals surface area contributed by atoms with Crippen LogP contribution in [0.5, 0.6) is 0 Å². The Morgan fingerprint density at radius 1 is 0.861 bits per heavy atom. The van der Waals surface area contributed by atoms with Gasteiger partial charge in [-0.05, 0) is 57.2 Å². The van der Waals surface area contributed by atoms with E-state index in [-0.39, 0.29) is 16.8 Å². The molecule has 2 N–H and O–H groups in total. The Morgan fingerprint density at radius 3 is 1.86 bits per heavy atom. The van der Waals surface area contributed by atoms with Gasteiger partial charge in [0.2, 0.25) is 0 Å². The number of ether oxygens (including phenoxy) is 3. The van der Waals surface area contributed by atoms with E-state index in [0.717, 1.165) is 7.11 Å². The third kappa shape index (κ3) is 7.60. The summed E-state index contributed by atoms with van der Waals surface area (Å²) in [5, 5.41) is 15.8. The monoisotopic (exact) mass is 501 g/mol. The number of benzene rings is 2. The number of esters is 2. The highest BCUT2D eigenvalue weighted by molar-refractivity contribution is 6.05. The first-order valence-corrected chi connectivity index (χ1v) is 10.7. The van der Waals surface area contributed by atoms with E-state index < -0.39 is 46.4 Å². The summed E-state index contributed by atoms with van der Waals surface area (Å²) >= 11 is 0. The summed E-state index contributed by atoms with van der Waals surface area (Å²) in [4.78, 5) is 60.1. The van der Waals surface area contributed by atoms with Crippen LogP contribution in [-0.2, 0) is 23.8 Å². The van der Waals surface area contributed by atoms with Crippen molar-refractivity contribution in [2.75, 3.05) is 19.5 Å². The Morgan fingerprint density at radius 2 is 1.39 bits per heavy atom. The van der Waals surface area contributed by atoms with Gasteiger partial charge in [0.25, 0.3) is 17.5 Å². The lowest BCUT2D eigenvalue weighted by Gasteiger charge is -2.27. The van der Waals surface area contributed by atoms with E-state index in [1.54, 1.807) is 20.8 Å². The molecule has 36 heavy (non-hydrogen) atoms. The van der Waals surface area contributed by atoms with Crippen molar-refractivity contribution in [1.29, 1.82) is 0 Å². The molecular formula is C24H27N3O9. The predicted molar refractivity (Wildman–Crippen MR) is 127 cm³/mol. The highest BCUT2D eigenvalue weighted by Crippen LogP contribution is 2.16. The van der Waals surface area contributed by atoms with Gasteiger partial charge in [-0.25, -0.2) is 9.59 Å². The molecule has 0 spiro atoms. The van der Waals surface area contributed by atoms with Crippen molar-refractivity contribution in [3.05, 3.63) is 69.8 Å². The minimum Gasteiger partial charge on any atom is -0.467 e. The first kappa shape index (κ1) is 27.9. The maximum atomic E-state index is 12.8. The SMILES string of the molecule is COC(=O)C(NC(=O)c1ccc(NC(=O)c2ccc([N+](=O)[O-])cc2)cc1)C(OC)C(=O)OC(C)(C)C. The topological polar surface area (TPSA) is 163 Å². The molecule has 2 rings (SSSR count). The Balaban J connectivity index is 2.12. The first-order valence-electron chi connectivity index (χ1n) is 10.7. The van der Waals surface area contributed by atoms with Gasteiger partial charge >= 0.3 is 11.9 Å². The van der Waals surface area contributed by atoms with Crippen LogP contribution in [0.25, 0.3) is 0 Å². The molecule has 0 aliphatic carbocycles. The summed E-state index contributed by atoms with van der Waals surface area (Å²) in [6.45, 7) is 4.93. The number of hydrogen-bond donors (Lipinski definition) is 2. The van der Waals surface area contributed by atoms with Gasteiger partial charge in [0.05, 0.1) is 12.0 Å². The minimum atomic E-state index is -1.48. The summed E-state index contributed by atoms with van der Waals surface area (Å²) in [5.74, 6) is -2.98. The lowest BCUT2D eigenvalue weighted by atomic mass is 10.1. The van der Waals surface area contributed by atoms with Crippen LogP contribution in [0.1, 0.15) is 41.5 Å². The molecule has 0 saturated heterocycles. The third-order valence-corrected chi connectivity index (χ3v) is 4.68. The number of nitrogens with one attached hydrogen (secondary N) is 2. The Hall–Kier alpha value is -4.32. The molecular weight excluding hydrogens is 474 g/mol. The zero-order valence-corrected chi connectivity index (χ0v) is 20.4.